The first-order valence-electron chi connectivity index (χ1n) is 1.24. The van der Waals surface area contributed by atoms with Crippen molar-refractivity contribution in [2.75, 3.05) is 0 Å². The monoisotopic (exact) mass is 248 g/mol. The fraction of sp³-hybridized carbons (Fsp3) is 0.500. The Morgan fingerprint density at radius 1 is 1.38 bits per heavy atom. The van der Waals surface area contributed by atoms with Crippen LogP contribution >= 0.6 is 34.8 Å². The molecule has 0 aliphatic heterocycles. The van der Waals surface area contributed by atoms with Crippen LogP contribution in [0.2, 0.25) is 0 Å². The molecule has 0 atom stereocenters. The van der Waals surface area contributed by atoms with Crippen LogP contribution in [-0.2, 0) is 4.79 Å². The second kappa shape index (κ2) is 4.88. The van der Waals surface area contributed by atoms with Gasteiger partial charge in [-0.05, 0) is 0 Å². The van der Waals surface area contributed by atoms with Crippen LogP contribution < -0.4 is 0 Å². The van der Waals surface area contributed by atoms with Crippen LogP contribution in [0.1, 0.15) is 0 Å². The molecule has 0 aromatic rings. The predicted molar refractivity (Wildman–Crippen MR) is 35.1 cm³/mol. The van der Waals surface area contributed by atoms with E-state index in [2.05, 4.69) is 0 Å². The fourth-order valence-corrected chi connectivity index (χ4v) is 0. The molecule has 6 heteroatoms. The van der Waals surface area contributed by atoms with Gasteiger partial charge in [0, 0.05) is 0 Å². The molecular weight excluding hydrogens is 248 g/mol. The molecule has 0 spiro atoms. The molecule has 0 saturated heterocycles. The van der Waals surface area contributed by atoms with Gasteiger partial charge in [-0.2, -0.15) is 0 Å². The molecule has 0 aliphatic carbocycles. The third-order valence-electron chi connectivity index (χ3n) is 0.243. The van der Waals surface area contributed by atoms with E-state index in [-0.39, 0.29) is 58.2 Å². The van der Waals surface area contributed by atoms with E-state index in [0.717, 1.165) is 0 Å². The Hall–Kier alpha value is 2.15. The second-order valence-corrected chi connectivity index (χ2v) is 3.08. The fourth-order valence-electron chi connectivity index (χ4n) is 0. The molecule has 0 bridgehead atoms. The van der Waals surface area contributed by atoms with E-state index in [1.54, 1.807) is 0 Å². The maximum absolute atomic E-state index is 9.62. The molecular formula is C2H2Cl3O2Rb. The van der Waals surface area contributed by atoms with E-state index in [0.29, 0.717) is 0 Å². The topological polar surface area (TPSA) is 37.3 Å². The van der Waals surface area contributed by atoms with Gasteiger partial charge in [-0.25, -0.2) is 4.79 Å². The van der Waals surface area contributed by atoms with Crippen molar-refractivity contribution in [3.8, 4) is 0 Å². The van der Waals surface area contributed by atoms with Gasteiger partial charge < -0.3 is 5.11 Å². The van der Waals surface area contributed by atoms with E-state index in [9.17, 15) is 4.79 Å². The molecule has 1 N–H and O–H groups in total. The average Bonchev–Trinajstić information content (AvgIpc) is 1.31. The van der Waals surface area contributed by atoms with Gasteiger partial charge in [-0.3, -0.25) is 0 Å². The molecule has 0 unspecified atom stereocenters. The average molecular weight is 250 g/mol. The summed E-state index contributed by atoms with van der Waals surface area (Å²) in [6, 6.07) is 0. The third-order valence-corrected chi connectivity index (χ3v) is 0.728. The predicted octanol–water partition coefficient (Wildman–Crippen LogP) is 0.793. The number of aliphatic carboxylic acids is 1. The van der Waals surface area contributed by atoms with Crippen molar-refractivity contribution in [1.82, 2.24) is 0 Å². The summed E-state index contributed by atoms with van der Waals surface area (Å²) in [7, 11) is 0. The van der Waals surface area contributed by atoms with Gasteiger partial charge in [0.1, 0.15) is 0 Å². The molecule has 0 aromatic heterocycles. The summed E-state index contributed by atoms with van der Waals surface area (Å²) in [5.41, 5.74) is 0. The van der Waals surface area contributed by atoms with Gasteiger partial charge in [0.2, 0.25) is 0 Å². The van der Waals surface area contributed by atoms with Gasteiger partial charge >= 0.3 is 64.2 Å². The van der Waals surface area contributed by atoms with Crippen LogP contribution in [0.4, 0.5) is 0 Å². The molecule has 8 heavy (non-hydrogen) atoms. The molecule has 0 aromatic carbocycles. The Morgan fingerprint density at radius 2 is 1.50 bits per heavy atom. The second-order valence-electron chi connectivity index (χ2n) is 0.803. The zero-order valence-corrected chi connectivity index (χ0v) is 5.26. The number of carbonyl (C=O) groups is 1. The van der Waals surface area contributed by atoms with Crippen molar-refractivity contribution >= 4 is 99.0 Å². The zero-order valence-electron chi connectivity index (χ0n) is 2.99. The van der Waals surface area contributed by atoms with Crippen molar-refractivity contribution in [3.63, 3.8) is 0 Å². The van der Waals surface area contributed by atoms with Crippen molar-refractivity contribution in [1.29, 1.82) is 0 Å². The van der Waals surface area contributed by atoms with E-state index in [1.165, 1.54) is 0 Å². The molecule has 0 heterocycles. The van der Waals surface area contributed by atoms with Gasteiger partial charge in [0.05, 0.1) is 0 Å². The Kier molecular flexibility index (Phi) is 7.81. The molecule has 0 saturated carbocycles. The molecule has 0 radical (unpaired) electrons. The Bertz CT molecular complexity index is 87.8. The minimum absolute atomic E-state index is 0. The van der Waals surface area contributed by atoms with Gasteiger partial charge in [0.25, 0.3) is 3.79 Å². The number of hydrogen-bond acceptors (Lipinski definition) is 1. The van der Waals surface area contributed by atoms with Gasteiger partial charge in [-0.15, -0.1) is 0 Å². The maximum atomic E-state index is 9.62. The Balaban J connectivity index is 0. The summed E-state index contributed by atoms with van der Waals surface area (Å²) >= 11 is 14.4. The number of alkyl halides is 3. The molecule has 2 nitrogen and oxygen atoms in total. The molecule has 44 valence electrons. The third kappa shape index (κ3) is 6.27. The van der Waals surface area contributed by atoms with Crippen LogP contribution in [0.15, 0.2) is 0 Å². The minimum atomic E-state index is -2.17. The molecule has 0 rings (SSSR count). The summed E-state index contributed by atoms with van der Waals surface area (Å²) in [6.07, 6.45) is 0. The zero-order chi connectivity index (χ0) is 6.08. The van der Waals surface area contributed by atoms with Gasteiger partial charge in [0.15, 0.2) is 0 Å². The van der Waals surface area contributed by atoms with Crippen molar-refractivity contribution in [3.05, 3.63) is 0 Å². The van der Waals surface area contributed by atoms with Crippen molar-refractivity contribution in [2.24, 2.45) is 0 Å². The first-order valence-corrected chi connectivity index (χ1v) is 2.38. The van der Waals surface area contributed by atoms with Crippen LogP contribution in [-0.4, -0.2) is 73.1 Å². The van der Waals surface area contributed by atoms with E-state index in [4.69, 9.17) is 39.9 Å². The first-order chi connectivity index (χ1) is 2.94. The number of carboxylic acid groups (broad SMARTS) is 1. The number of hydrogen-bond donors (Lipinski definition) is 1. The standard InChI is InChI=1S/C2HCl3O2.Rb.H/c3-2(4,5)1(6)7;;/h(H,6,7);;. The molecule has 0 aliphatic rings. The van der Waals surface area contributed by atoms with E-state index >= 15 is 0 Å². The Morgan fingerprint density at radius 3 is 1.50 bits per heavy atom. The SMILES string of the molecule is O=C(O)C(Cl)(Cl)Cl.[RbH]. The summed E-state index contributed by atoms with van der Waals surface area (Å²) < 4.78 is -2.17. The van der Waals surface area contributed by atoms with Crippen molar-refractivity contribution < 1.29 is 9.90 Å². The number of carboxylic acids is 1. The Labute approximate surface area is 110 Å². The molecule has 0 fully saturated rings. The van der Waals surface area contributed by atoms with E-state index in [1.807, 2.05) is 0 Å². The quantitative estimate of drug-likeness (QED) is 0.645. The summed E-state index contributed by atoms with van der Waals surface area (Å²) in [6.45, 7) is 0. The summed E-state index contributed by atoms with van der Waals surface area (Å²) in [5.74, 6) is -1.46. The van der Waals surface area contributed by atoms with Gasteiger partial charge in [-0.1, -0.05) is 34.8 Å². The number of halogens is 3. The van der Waals surface area contributed by atoms with Crippen LogP contribution in [0.5, 0.6) is 0 Å². The van der Waals surface area contributed by atoms with Crippen LogP contribution in [0.25, 0.3) is 0 Å². The normalized spacial score (nSPS) is 9.88. The van der Waals surface area contributed by atoms with Crippen molar-refractivity contribution in [2.45, 2.75) is 3.79 Å². The van der Waals surface area contributed by atoms with Crippen LogP contribution in [0, 0.1) is 0 Å². The number of rotatable bonds is 0. The molecule has 0 amide bonds. The summed E-state index contributed by atoms with van der Waals surface area (Å²) in [4.78, 5) is 9.62. The van der Waals surface area contributed by atoms with Crippen LogP contribution in [0.3, 0.4) is 0 Å². The van der Waals surface area contributed by atoms with E-state index < -0.39 is 9.76 Å². The summed E-state index contributed by atoms with van der Waals surface area (Å²) in [5, 5.41) is 7.85. The first kappa shape index (κ1) is 12.8.